The Kier molecular flexibility index (Phi) is 6.10. The Labute approximate surface area is 197 Å². The summed E-state index contributed by atoms with van der Waals surface area (Å²) in [7, 11) is 0. The molecule has 2 N–H and O–H groups in total. The van der Waals surface area contributed by atoms with Crippen molar-refractivity contribution in [1.29, 1.82) is 5.26 Å². The molecule has 4 fully saturated rings. The van der Waals surface area contributed by atoms with Crippen molar-refractivity contribution in [2.24, 2.45) is 11.3 Å². The molecular formula is C23H27ClN4O3S. The van der Waals surface area contributed by atoms with Crippen molar-refractivity contribution in [3.63, 3.8) is 0 Å². The third-order valence-corrected chi connectivity index (χ3v) is 8.62. The van der Waals surface area contributed by atoms with E-state index in [4.69, 9.17) is 15.8 Å². The molecule has 2 saturated carbocycles. The van der Waals surface area contributed by atoms with Crippen LogP contribution in [0, 0.1) is 22.7 Å². The van der Waals surface area contributed by atoms with Gasteiger partial charge in [0, 0.05) is 19.5 Å². The van der Waals surface area contributed by atoms with Gasteiger partial charge in [-0.25, -0.2) is 4.72 Å². The van der Waals surface area contributed by atoms with E-state index in [9.17, 15) is 14.9 Å². The fraction of sp³-hybridized carbons (Fsp3) is 0.609. The van der Waals surface area contributed by atoms with E-state index >= 15 is 0 Å². The normalized spacial score (nSPS) is 25.0. The number of amides is 2. The van der Waals surface area contributed by atoms with Crippen molar-refractivity contribution in [2.75, 3.05) is 24.6 Å². The van der Waals surface area contributed by atoms with Crippen LogP contribution in [0.3, 0.4) is 0 Å². The molecule has 2 amide bonds. The largest absolute Gasteiger partial charge is 0.367 e. The van der Waals surface area contributed by atoms with Crippen LogP contribution in [-0.2, 0) is 13.8 Å². The number of anilines is 1. The average molecular weight is 475 g/mol. The molecule has 9 heteroatoms. The first-order valence-electron chi connectivity index (χ1n) is 11.3. The minimum atomic E-state index is -0.504. The number of carbonyl (C=O) groups is 2. The van der Waals surface area contributed by atoms with Gasteiger partial charge in [-0.2, -0.15) is 5.26 Å². The molecule has 170 valence electrons. The third kappa shape index (κ3) is 4.12. The summed E-state index contributed by atoms with van der Waals surface area (Å²) in [5, 5.41) is 12.4. The molecule has 0 radical (unpaired) electrons. The number of halogens is 1. The first kappa shape index (κ1) is 22.0. The lowest BCUT2D eigenvalue weighted by Gasteiger charge is -2.54. The maximum absolute atomic E-state index is 12.2. The summed E-state index contributed by atoms with van der Waals surface area (Å²) < 4.78 is 9.11. The summed E-state index contributed by atoms with van der Waals surface area (Å²) in [5.41, 5.74) is 2.45. The predicted molar refractivity (Wildman–Crippen MR) is 123 cm³/mol. The first-order valence-corrected chi connectivity index (χ1v) is 12.4. The third-order valence-electron chi connectivity index (χ3n) is 7.53. The Balaban J connectivity index is 1.11. The Morgan fingerprint density at radius 1 is 1.31 bits per heavy atom. The van der Waals surface area contributed by atoms with Gasteiger partial charge in [-0.15, -0.1) is 0 Å². The van der Waals surface area contributed by atoms with E-state index in [1.54, 1.807) is 0 Å². The van der Waals surface area contributed by atoms with E-state index in [0.29, 0.717) is 33.9 Å². The molecule has 2 saturated heterocycles. The van der Waals surface area contributed by atoms with Gasteiger partial charge in [-0.3, -0.25) is 14.9 Å². The number of piperidine rings is 1. The van der Waals surface area contributed by atoms with Crippen molar-refractivity contribution in [1.82, 2.24) is 10.0 Å². The smallest absolute Gasteiger partial charge is 0.234 e. The fourth-order valence-electron chi connectivity index (χ4n) is 5.56. The highest BCUT2D eigenvalue weighted by Crippen LogP contribution is 2.58. The van der Waals surface area contributed by atoms with Crippen molar-refractivity contribution in [3.8, 4) is 6.07 Å². The van der Waals surface area contributed by atoms with E-state index in [-0.39, 0.29) is 24.3 Å². The molecule has 0 bridgehead atoms. The van der Waals surface area contributed by atoms with Crippen LogP contribution >= 0.6 is 23.8 Å². The van der Waals surface area contributed by atoms with Crippen LogP contribution in [0.1, 0.15) is 62.0 Å². The van der Waals surface area contributed by atoms with Gasteiger partial charge in [0.2, 0.25) is 11.8 Å². The van der Waals surface area contributed by atoms with E-state index in [1.165, 1.54) is 44.3 Å². The average Bonchev–Trinajstić information content (AvgIpc) is 2.67. The topological polar surface area (TPSA) is 94.5 Å². The lowest BCUT2D eigenvalue weighted by Crippen LogP contribution is -2.56. The Morgan fingerprint density at radius 3 is 2.75 bits per heavy atom. The number of benzene rings is 1. The van der Waals surface area contributed by atoms with E-state index in [0.717, 1.165) is 25.4 Å². The SMILES string of the molecule is N#Cc1c(N2CC(NSOCC3CC4(CCC4)C3)C2)ccc(C2CCC(=O)NC2=O)c1Cl. The van der Waals surface area contributed by atoms with Crippen molar-refractivity contribution in [3.05, 3.63) is 28.3 Å². The lowest BCUT2D eigenvalue weighted by atomic mass is 9.52. The van der Waals surface area contributed by atoms with Gasteiger partial charge in [0.1, 0.15) is 6.07 Å². The highest BCUT2D eigenvalue weighted by Gasteiger charge is 2.47. The molecule has 2 aliphatic heterocycles. The van der Waals surface area contributed by atoms with Crippen LogP contribution in [0.15, 0.2) is 12.1 Å². The Morgan fingerprint density at radius 2 is 2.09 bits per heavy atom. The van der Waals surface area contributed by atoms with Gasteiger partial charge in [0.15, 0.2) is 0 Å². The number of nitriles is 1. The zero-order valence-corrected chi connectivity index (χ0v) is 19.4. The van der Waals surface area contributed by atoms with Gasteiger partial charge in [0.05, 0.1) is 47.1 Å². The molecule has 1 unspecified atom stereocenters. The number of carbonyl (C=O) groups excluding carboxylic acids is 2. The number of nitrogens with zero attached hydrogens (tertiary/aromatic N) is 2. The number of hydrogen-bond acceptors (Lipinski definition) is 7. The molecule has 2 heterocycles. The summed E-state index contributed by atoms with van der Waals surface area (Å²) in [4.78, 5) is 25.7. The second-order valence-corrected chi connectivity index (χ2v) is 10.7. The zero-order chi connectivity index (χ0) is 22.3. The molecule has 4 aliphatic rings. The Bertz CT molecular complexity index is 963. The van der Waals surface area contributed by atoms with Crippen molar-refractivity contribution in [2.45, 2.75) is 56.9 Å². The maximum atomic E-state index is 12.2. The van der Waals surface area contributed by atoms with Crippen LogP contribution in [-0.4, -0.2) is 37.6 Å². The predicted octanol–water partition coefficient (Wildman–Crippen LogP) is 3.67. The fourth-order valence-corrected chi connectivity index (χ4v) is 6.51. The van der Waals surface area contributed by atoms with Crippen molar-refractivity contribution < 1.29 is 13.8 Å². The summed E-state index contributed by atoms with van der Waals surface area (Å²) in [6.07, 6.45) is 7.57. The second kappa shape index (κ2) is 8.86. The molecule has 1 aromatic carbocycles. The first-order chi connectivity index (χ1) is 15.5. The molecule has 1 aromatic rings. The summed E-state index contributed by atoms with van der Waals surface area (Å²) in [5.74, 6) is -0.411. The van der Waals surface area contributed by atoms with Gasteiger partial charge >= 0.3 is 0 Å². The van der Waals surface area contributed by atoms with Crippen LogP contribution in [0.2, 0.25) is 5.02 Å². The minimum absolute atomic E-state index is 0.268. The minimum Gasteiger partial charge on any atom is -0.367 e. The van der Waals surface area contributed by atoms with E-state index in [1.807, 2.05) is 12.1 Å². The van der Waals surface area contributed by atoms with Gasteiger partial charge in [-0.05, 0) is 55.1 Å². The highest BCUT2D eigenvalue weighted by molar-refractivity contribution is 7.92. The number of nitrogens with one attached hydrogen (secondary N) is 2. The molecule has 1 atom stereocenters. The van der Waals surface area contributed by atoms with Gasteiger partial charge in [0.25, 0.3) is 0 Å². The van der Waals surface area contributed by atoms with E-state index < -0.39 is 5.92 Å². The van der Waals surface area contributed by atoms with Crippen molar-refractivity contribution >= 4 is 41.3 Å². The number of rotatable bonds is 7. The molecule has 2 aliphatic carbocycles. The van der Waals surface area contributed by atoms with Crippen LogP contribution in [0.4, 0.5) is 5.69 Å². The van der Waals surface area contributed by atoms with Crippen LogP contribution < -0.4 is 14.9 Å². The van der Waals surface area contributed by atoms with Gasteiger partial charge < -0.3 is 9.08 Å². The molecular weight excluding hydrogens is 448 g/mol. The van der Waals surface area contributed by atoms with Gasteiger partial charge in [-0.1, -0.05) is 24.1 Å². The zero-order valence-electron chi connectivity index (χ0n) is 17.9. The molecule has 1 spiro atoms. The number of hydrogen-bond donors (Lipinski definition) is 2. The molecule has 32 heavy (non-hydrogen) atoms. The second-order valence-electron chi connectivity index (χ2n) is 9.69. The van der Waals surface area contributed by atoms with E-state index in [2.05, 4.69) is 21.0 Å². The summed E-state index contributed by atoms with van der Waals surface area (Å²) >= 11 is 7.88. The maximum Gasteiger partial charge on any atom is 0.234 e. The van der Waals surface area contributed by atoms with Crippen LogP contribution in [0.5, 0.6) is 0 Å². The monoisotopic (exact) mass is 474 g/mol. The lowest BCUT2D eigenvalue weighted by molar-refractivity contribution is -0.134. The molecule has 7 nitrogen and oxygen atoms in total. The molecule has 5 rings (SSSR count). The Hall–Kier alpha value is -1.79. The standard InChI is InChI=1S/C23H27ClN4O3S/c24-21-16(17-3-5-20(29)26-22(17)30)2-4-19(18(21)10-25)28-11-15(12-28)27-32-31-13-14-8-23(9-14)6-1-7-23/h2,4,14-15,17,27H,1,3,5-9,11-13H2,(H,26,29,30). The van der Waals surface area contributed by atoms with Crippen LogP contribution in [0.25, 0.3) is 0 Å². The molecule has 0 aromatic heterocycles. The summed E-state index contributed by atoms with van der Waals surface area (Å²) in [6.45, 7) is 2.32. The summed E-state index contributed by atoms with van der Waals surface area (Å²) in [6, 6.07) is 6.15. The quantitative estimate of drug-likeness (QED) is 0.269. The highest BCUT2D eigenvalue weighted by atomic mass is 35.5. The number of imide groups is 1.